The number of hydrogen-bond donors (Lipinski definition) is 3. The number of aliphatic hydroxyl groups is 3. The molecule has 2 fully saturated rings. The Morgan fingerprint density at radius 1 is 0.977 bits per heavy atom. The van der Waals surface area contributed by atoms with Crippen molar-refractivity contribution >= 4 is 29.8 Å². The second-order valence-electron chi connectivity index (χ2n) is 12.4. The van der Waals surface area contributed by atoms with Crippen LogP contribution in [0.15, 0.2) is 11.6 Å². The molecular weight excluding hydrogens is 568 g/mol. The fourth-order valence-electron chi connectivity index (χ4n) is 7.10. The summed E-state index contributed by atoms with van der Waals surface area (Å²) in [5.41, 5.74) is -6.51. The summed E-state index contributed by atoms with van der Waals surface area (Å²) in [6.45, 7) is 10.9. The average molecular weight is 613 g/mol. The van der Waals surface area contributed by atoms with Gasteiger partial charge in [0.1, 0.15) is 24.4 Å². The highest BCUT2D eigenvalue weighted by Crippen LogP contribution is 2.57. The van der Waals surface area contributed by atoms with Gasteiger partial charge in [-0.2, -0.15) is 0 Å². The molecule has 11 atom stereocenters. The Bertz CT molecular complexity index is 1160. The van der Waals surface area contributed by atoms with Crippen LogP contribution in [0.1, 0.15) is 81.1 Å². The van der Waals surface area contributed by atoms with Crippen molar-refractivity contribution < 1.29 is 63.0 Å². The second kappa shape index (κ2) is 12.5. The first-order valence-corrected chi connectivity index (χ1v) is 14.5. The van der Waals surface area contributed by atoms with Gasteiger partial charge in [0.15, 0.2) is 17.3 Å². The van der Waals surface area contributed by atoms with Crippen molar-refractivity contribution in [3.05, 3.63) is 11.6 Å². The van der Waals surface area contributed by atoms with Gasteiger partial charge in [-0.05, 0) is 32.3 Å². The van der Waals surface area contributed by atoms with Crippen molar-refractivity contribution in [3.63, 3.8) is 0 Å². The second-order valence-corrected chi connectivity index (χ2v) is 12.4. The zero-order valence-corrected chi connectivity index (χ0v) is 25.9. The molecule has 0 amide bonds. The lowest BCUT2D eigenvalue weighted by Crippen LogP contribution is -2.73. The number of carbonyl (C=O) groups excluding carboxylic acids is 5. The molecule has 1 saturated carbocycles. The lowest BCUT2D eigenvalue weighted by molar-refractivity contribution is -0.272. The van der Waals surface area contributed by atoms with E-state index >= 15 is 0 Å². The number of ether oxygens (including phenoxy) is 5. The van der Waals surface area contributed by atoms with Crippen molar-refractivity contribution in [2.75, 3.05) is 0 Å². The zero-order valence-electron chi connectivity index (χ0n) is 25.9. The van der Waals surface area contributed by atoms with Crippen LogP contribution in [0.2, 0.25) is 0 Å². The Balaban J connectivity index is 2.48. The predicted octanol–water partition coefficient (Wildman–Crippen LogP) is 1.27. The highest BCUT2D eigenvalue weighted by atomic mass is 16.6. The Morgan fingerprint density at radius 2 is 1.53 bits per heavy atom. The Morgan fingerprint density at radius 3 is 2.07 bits per heavy atom. The summed E-state index contributed by atoms with van der Waals surface area (Å²) >= 11 is 0. The molecule has 0 aromatic heterocycles. The van der Waals surface area contributed by atoms with Crippen LogP contribution in [0, 0.1) is 17.3 Å². The van der Waals surface area contributed by atoms with E-state index in [1.165, 1.54) is 6.08 Å². The number of aliphatic hydroxyl groups excluding tert-OH is 1. The molecule has 1 unspecified atom stereocenters. The first kappa shape index (κ1) is 34.5. The maximum absolute atomic E-state index is 13.0. The van der Waals surface area contributed by atoms with Crippen LogP contribution in [0.25, 0.3) is 0 Å². The van der Waals surface area contributed by atoms with Gasteiger partial charge in [-0.25, -0.2) is 4.79 Å². The number of carbonyl (C=O) groups is 5. The number of rotatable bonds is 6. The van der Waals surface area contributed by atoms with E-state index < -0.39 is 94.9 Å². The van der Waals surface area contributed by atoms with Gasteiger partial charge in [-0.3, -0.25) is 19.2 Å². The molecule has 0 spiro atoms. The molecule has 0 aromatic rings. The van der Waals surface area contributed by atoms with Crippen molar-refractivity contribution in [1.82, 2.24) is 0 Å². The fourth-order valence-corrected chi connectivity index (χ4v) is 7.10. The van der Waals surface area contributed by atoms with E-state index in [0.29, 0.717) is 12.0 Å². The fraction of sp³-hybridized carbons (Fsp3) is 0.767. The van der Waals surface area contributed by atoms with E-state index in [-0.39, 0.29) is 19.3 Å². The third-order valence-electron chi connectivity index (χ3n) is 9.19. The number of fused-ring (bicyclic) bond motifs is 2. The molecule has 13 nitrogen and oxygen atoms in total. The summed E-state index contributed by atoms with van der Waals surface area (Å²) in [7, 11) is 0. The Kier molecular flexibility index (Phi) is 10.0. The molecule has 3 aliphatic rings. The predicted molar refractivity (Wildman–Crippen MR) is 147 cm³/mol. The normalized spacial score (nSPS) is 42.2. The first-order valence-electron chi connectivity index (χ1n) is 14.5. The van der Waals surface area contributed by atoms with Gasteiger partial charge in [-0.1, -0.05) is 26.3 Å². The maximum atomic E-state index is 13.0. The number of esters is 5. The molecule has 1 saturated heterocycles. The molecule has 1 heterocycles. The third kappa shape index (κ3) is 6.16. The molecule has 0 bridgehead atoms. The molecule has 0 radical (unpaired) electrons. The minimum atomic E-state index is -2.64. The lowest BCUT2D eigenvalue weighted by Gasteiger charge is -2.59. The van der Waals surface area contributed by atoms with Crippen LogP contribution >= 0.6 is 0 Å². The van der Waals surface area contributed by atoms with Crippen molar-refractivity contribution in [1.29, 1.82) is 0 Å². The molecule has 3 N–H and O–H groups in total. The van der Waals surface area contributed by atoms with E-state index in [2.05, 4.69) is 0 Å². The average Bonchev–Trinajstić information content (AvgIpc) is 3.03. The Hall–Kier alpha value is -3.03. The van der Waals surface area contributed by atoms with Gasteiger partial charge < -0.3 is 39.0 Å². The Labute approximate surface area is 250 Å². The van der Waals surface area contributed by atoms with Crippen LogP contribution in [-0.4, -0.2) is 93.0 Å². The van der Waals surface area contributed by atoms with E-state index in [0.717, 1.165) is 27.7 Å². The number of hydrogen-bond acceptors (Lipinski definition) is 13. The summed E-state index contributed by atoms with van der Waals surface area (Å²) in [4.78, 5) is 63.7. The first-order chi connectivity index (χ1) is 19.8. The molecule has 1 aliphatic heterocycles. The van der Waals surface area contributed by atoms with Gasteiger partial charge >= 0.3 is 29.8 Å². The highest BCUT2D eigenvalue weighted by molar-refractivity contribution is 5.84. The maximum Gasteiger partial charge on any atom is 0.341 e. The minimum Gasteiger partial charge on any atom is -0.462 e. The third-order valence-corrected chi connectivity index (χ3v) is 9.19. The molecule has 242 valence electrons. The van der Waals surface area contributed by atoms with Crippen molar-refractivity contribution in [3.8, 4) is 0 Å². The van der Waals surface area contributed by atoms with Crippen LogP contribution in [0.5, 0.6) is 0 Å². The molecule has 43 heavy (non-hydrogen) atoms. The summed E-state index contributed by atoms with van der Waals surface area (Å²) in [6, 6.07) is 0. The topological polar surface area (TPSA) is 192 Å². The quantitative estimate of drug-likeness (QED) is 0.221. The van der Waals surface area contributed by atoms with Gasteiger partial charge in [-0.15, -0.1) is 0 Å². The molecular formula is C30H44O13. The highest BCUT2D eigenvalue weighted by Gasteiger charge is 2.74. The zero-order chi connectivity index (χ0) is 32.7. The van der Waals surface area contributed by atoms with Crippen LogP contribution in [-0.2, 0) is 47.7 Å². The summed E-state index contributed by atoms with van der Waals surface area (Å²) in [5, 5.41) is 35.2. The standard InChI is InChI=1S/C30H44O13/c1-9-10-23(35)42-20-11-14(2)12-22-30(38,29(8,37)27(36)43-22)26(41-18(6)33)24-15(3)19(34)13-21(39-16(4)31)28(24,7)25(20)40-17(5)32/h12,15,19-22,24-26,34,37-38H,9-11,13H2,1-8H3/b14-12-/t15-,19-,20-,21-,22-,24+,25-,26?,28-,29-,30-/m1/s1. The van der Waals surface area contributed by atoms with Gasteiger partial charge in [0.25, 0.3) is 0 Å². The van der Waals surface area contributed by atoms with Crippen molar-refractivity contribution in [2.24, 2.45) is 17.3 Å². The summed E-state index contributed by atoms with van der Waals surface area (Å²) in [6.07, 6.45) is -6.77. The minimum absolute atomic E-state index is 0.0492. The van der Waals surface area contributed by atoms with Crippen LogP contribution in [0.4, 0.5) is 0 Å². The van der Waals surface area contributed by atoms with Crippen molar-refractivity contribution in [2.45, 2.75) is 129 Å². The van der Waals surface area contributed by atoms with Crippen LogP contribution < -0.4 is 0 Å². The van der Waals surface area contributed by atoms with E-state index in [1.54, 1.807) is 27.7 Å². The monoisotopic (exact) mass is 612 g/mol. The van der Waals surface area contributed by atoms with Gasteiger partial charge in [0.2, 0.25) is 0 Å². The smallest absolute Gasteiger partial charge is 0.341 e. The van der Waals surface area contributed by atoms with Crippen LogP contribution in [0.3, 0.4) is 0 Å². The lowest BCUT2D eigenvalue weighted by atomic mass is 9.52. The van der Waals surface area contributed by atoms with E-state index in [1.807, 2.05) is 0 Å². The molecule has 0 aromatic carbocycles. The molecule has 2 aliphatic carbocycles. The molecule has 3 rings (SSSR count). The van der Waals surface area contributed by atoms with Gasteiger partial charge in [0.05, 0.1) is 11.5 Å². The molecule has 13 heteroatoms. The van der Waals surface area contributed by atoms with E-state index in [9.17, 15) is 39.3 Å². The SMILES string of the molecule is CCCC(=O)O[C@@H]1C/C(C)=C\[C@H]2OC(=O)[C@@](C)(O)[C@]2(O)C(OC(C)=O)[C@@H]2[C@H](C)[C@H](O)C[C@@H](OC(C)=O)[C@@]2(C)[C@@H]1OC(C)=O. The van der Waals surface area contributed by atoms with Gasteiger partial charge in [0, 0.05) is 46.0 Å². The van der Waals surface area contributed by atoms with E-state index in [4.69, 9.17) is 23.7 Å². The summed E-state index contributed by atoms with van der Waals surface area (Å²) < 4.78 is 28.8. The largest absolute Gasteiger partial charge is 0.462 e. The summed E-state index contributed by atoms with van der Waals surface area (Å²) in [5.74, 6) is -6.39.